The molecular formula is C10H15N5O. The first kappa shape index (κ1) is 11.8. The van der Waals surface area contributed by atoms with E-state index < -0.39 is 0 Å². The van der Waals surface area contributed by atoms with Crippen molar-refractivity contribution >= 4 is 17.6 Å². The quantitative estimate of drug-likeness (QED) is 0.408. The van der Waals surface area contributed by atoms with Crippen LogP contribution in [0.4, 0.5) is 5.69 Å². The maximum Gasteiger partial charge on any atom is 0.203 e. The van der Waals surface area contributed by atoms with E-state index in [0.717, 1.165) is 0 Å². The van der Waals surface area contributed by atoms with Crippen molar-refractivity contribution < 1.29 is 5.11 Å². The molecule has 0 radical (unpaired) electrons. The van der Waals surface area contributed by atoms with E-state index in [0.29, 0.717) is 11.3 Å². The average molecular weight is 221 g/mol. The van der Waals surface area contributed by atoms with E-state index in [9.17, 15) is 5.11 Å². The molecule has 16 heavy (non-hydrogen) atoms. The number of para-hydroxylation sites is 1. The Balaban J connectivity index is 3.07. The fraction of sp³-hybridized carbons (Fsp3) is 0.200. The molecule has 0 heterocycles. The smallest absolute Gasteiger partial charge is 0.203 e. The number of aryl methyl sites for hydroxylation is 1. The van der Waals surface area contributed by atoms with E-state index in [1.54, 1.807) is 25.1 Å². The van der Waals surface area contributed by atoms with Crippen LogP contribution in [0.3, 0.4) is 0 Å². The number of nitrogens with one attached hydrogen (secondary N) is 1. The number of hydrogen-bond donors (Lipinski definition) is 4. The molecule has 1 aromatic carbocycles. The van der Waals surface area contributed by atoms with Crippen LogP contribution >= 0.6 is 0 Å². The highest BCUT2D eigenvalue weighted by molar-refractivity contribution is 5.96. The van der Waals surface area contributed by atoms with Crippen molar-refractivity contribution in [1.29, 1.82) is 5.41 Å². The van der Waals surface area contributed by atoms with Gasteiger partial charge in [0.25, 0.3) is 0 Å². The molecule has 1 aromatic rings. The number of benzene rings is 1. The van der Waals surface area contributed by atoms with Gasteiger partial charge in [0.05, 0.1) is 0 Å². The zero-order chi connectivity index (χ0) is 12.3. The Hall–Kier alpha value is -2.24. The summed E-state index contributed by atoms with van der Waals surface area (Å²) in [4.78, 5) is 5.20. The monoisotopic (exact) mass is 221 g/mol. The van der Waals surface area contributed by atoms with Crippen molar-refractivity contribution in [2.45, 2.75) is 6.92 Å². The molecule has 1 rings (SSSR count). The van der Waals surface area contributed by atoms with Gasteiger partial charge in [0.2, 0.25) is 5.96 Å². The third-order valence-electron chi connectivity index (χ3n) is 2.16. The lowest BCUT2D eigenvalue weighted by atomic mass is 10.2. The Morgan fingerprint density at radius 2 is 2.06 bits per heavy atom. The zero-order valence-corrected chi connectivity index (χ0v) is 9.23. The summed E-state index contributed by atoms with van der Waals surface area (Å²) >= 11 is 0. The minimum absolute atomic E-state index is 0.0494. The van der Waals surface area contributed by atoms with E-state index in [2.05, 4.69) is 4.99 Å². The van der Waals surface area contributed by atoms with E-state index in [1.165, 1.54) is 11.9 Å². The number of guanidine groups is 2. The summed E-state index contributed by atoms with van der Waals surface area (Å²) in [5.41, 5.74) is 11.9. The van der Waals surface area contributed by atoms with Crippen molar-refractivity contribution in [2.24, 2.45) is 16.5 Å². The Morgan fingerprint density at radius 3 is 2.62 bits per heavy atom. The lowest BCUT2D eigenvalue weighted by molar-refractivity contribution is 0.472. The number of phenolic OH excluding ortho intramolecular Hbond substituents is 1. The standard InChI is InChI=1S/C10H15N5O/c1-6-4-3-5-7(8(6)16)14-10(13)15(2)9(11)12/h3-5,16H,1-2H3,(H3,11,12)(H2,13,14). The molecule has 0 amide bonds. The largest absolute Gasteiger partial charge is 0.505 e. The second-order valence-corrected chi connectivity index (χ2v) is 3.36. The van der Waals surface area contributed by atoms with Crippen LogP contribution in [0.5, 0.6) is 5.75 Å². The molecule has 0 saturated heterocycles. The van der Waals surface area contributed by atoms with Crippen LogP contribution in [0.15, 0.2) is 23.2 Å². The Kier molecular flexibility index (Phi) is 3.34. The number of aliphatic imine (C=N–C) groups is 1. The first-order chi connectivity index (χ1) is 7.43. The number of aromatic hydroxyl groups is 1. The zero-order valence-electron chi connectivity index (χ0n) is 9.23. The lowest BCUT2D eigenvalue weighted by Gasteiger charge is -2.15. The number of hydrogen-bond acceptors (Lipinski definition) is 3. The summed E-state index contributed by atoms with van der Waals surface area (Å²) in [7, 11) is 1.52. The van der Waals surface area contributed by atoms with E-state index in [4.69, 9.17) is 16.9 Å². The van der Waals surface area contributed by atoms with Gasteiger partial charge in [-0.3, -0.25) is 10.3 Å². The number of phenols is 1. The third kappa shape index (κ3) is 2.41. The maximum atomic E-state index is 9.70. The van der Waals surface area contributed by atoms with Gasteiger partial charge in [0, 0.05) is 7.05 Å². The van der Waals surface area contributed by atoms with E-state index in [1.807, 2.05) is 0 Å². The van der Waals surface area contributed by atoms with Crippen LogP contribution in [0.2, 0.25) is 0 Å². The number of rotatable bonds is 1. The van der Waals surface area contributed by atoms with E-state index >= 15 is 0 Å². The molecular weight excluding hydrogens is 206 g/mol. The van der Waals surface area contributed by atoms with Crippen LogP contribution in [-0.2, 0) is 0 Å². The highest BCUT2D eigenvalue weighted by Gasteiger charge is 2.07. The second-order valence-electron chi connectivity index (χ2n) is 3.36. The lowest BCUT2D eigenvalue weighted by Crippen LogP contribution is -2.42. The molecule has 86 valence electrons. The molecule has 0 atom stereocenters. The van der Waals surface area contributed by atoms with Gasteiger partial charge in [-0.1, -0.05) is 12.1 Å². The average Bonchev–Trinajstić information content (AvgIpc) is 2.23. The molecule has 0 fully saturated rings. The summed E-state index contributed by atoms with van der Waals surface area (Å²) in [6, 6.07) is 5.15. The molecule has 6 nitrogen and oxygen atoms in total. The minimum Gasteiger partial charge on any atom is -0.505 e. The molecule has 0 bridgehead atoms. The predicted octanol–water partition coefficient (Wildman–Crippen LogP) is 0.472. The molecule has 0 spiro atoms. The summed E-state index contributed by atoms with van der Waals surface area (Å²) in [6.07, 6.45) is 0. The fourth-order valence-electron chi connectivity index (χ4n) is 1.06. The van der Waals surface area contributed by atoms with Gasteiger partial charge in [0.15, 0.2) is 5.96 Å². The SMILES string of the molecule is Cc1cccc(N=C(N)N(C)C(=N)N)c1O. The van der Waals surface area contributed by atoms with Crippen LogP contribution in [0, 0.1) is 12.3 Å². The molecule has 0 aliphatic heterocycles. The Bertz CT molecular complexity index is 441. The topological polar surface area (TPSA) is 112 Å². The van der Waals surface area contributed by atoms with Crippen molar-refractivity contribution in [3.05, 3.63) is 23.8 Å². The number of nitrogens with two attached hydrogens (primary N) is 2. The van der Waals surface area contributed by atoms with Crippen molar-refractivity contribution in [3.8, 4) is 5.75 Å². The van der Waals surface area contributed by atoms with Gasteiger partial charge < -0.3 is 16.6 Å². The summed E-state index contributed by atoms with van der Waals surface area (Å²) in [6.45, 7) is 1.76. The van der Waals surface area contributed by atoms with Gasteiger partial charge >= 0.3 is 0 Å². The normalized spacial score (nSPS) is 11.2. The molecule has 0 aromatic heterocycles. The van der Waals surface area contributed by atoms with Crippen molar-refractivity contribution in [2.75, 3.05) is 7.05 Å². The molecule has 0 aliphatic rings. The Morgan fingerprint density at radius 1 is 1.44 bits per heavy atom. The van der Waals surface area contributed by atoms with Gasteiger partial charge in [-0.15, -0.1) is 0 Å². The second kappa shape index (κ2) is 4.52. The van der Waals surface area contributed by atoms with Gasteiger partial charge in [0.1, 0.15) is 11.4 Å². The third-order valence-corrected chi connectivity index (χ3v) is 2.16. The summed E-state index contributed by atoms with van der Waals surface area (Å²) in [5, 5.41) is 16.9. The minimum atomic E-state index is -0.214. The molecule has 6 heteroatoms. The molecule has 0 unspecified atom stereocenters. The number of nitrogens with zero attached hydrogens (tertiary/aromatic N) is 2. The molecule has 6 N–H and O–H groups in total. The van der Waals surface area contributed by atoms with Crippen LogP contribution < -0.4 is 11.5 Å². The van der Waals surface area contributed by atoms with Crippen LogP contribution in [-0.4, -0.2) is 29.0 Å². The summed E-state index contributed by atoms with van der Waals surface area (Å²) < 4.78 is 0. The first-order valence-electron chi connectivity index (χ1n) is 4.64. The van der Waals surface area contributed by atoms with Gasteiger partial charge in [-0.2, -0.15) is 0 Å². The highest BCUT2D eigenvalue weighted by atomic mass is 16.3. The van der Waals surface area contributed by atoms with E-state index in [-0.39, 0.29) is 17.7 Å². The summed E-state index contributed by atoms with van der Waals surface area (Å²) in [5.74, 6) is -0.0933. The predicted molar refractivity (Wildman–Crippen MR) is 63.8 cm³/mol. The molecule has 0 saturated carbocycles. The van der Waals surface area contributed by atoms with Gasteiger partial charge in [-0.25, -0.2) is 4.99 Å². The van der Waals surface area contributed by atoms with Crippen molar-refractivity contribution in [3.63, 3.8) is 0 Å². The Labute approximate surface area is 93.7 Å². The molecule has 0 aliphatic carbocycles. The maximum absolute atomic E-state index is 9.70. The highest BCUT2D eigenvalue weighted by Crippen LogP contribution is 2.29. The van der Waals surface area contributed by atoms with Gasteiger partial charge in [-0.05, 0) is 18.6 Å². The van der Waals surface area contributed by atoms with Crippen LogP contribution in [0.1, 0.15) is 5.56 Å². The first-order valence-corrected chi connectivity index (χ1v) is 4.64. The van der Waals surface area contributed by atoms with Crippen LogP contribution in [0.25, 0.3) is 0 Å². The fourth-order valence-corrected chi connectivity index (χ4v) is 1.06. The van der Waals surface area contributed by atoms with Crippen molar-refractivity contribution in [1.82, 2.24) is 4.90 Å².